The lowest BCUT2D eigenvalue weighted by Gasteiger charge is -2.58. The smallest absolute Gasteiger partial charge is 0.326 e. The van der Waals surface area contributed by atoms with E-state index in [0.29, 0.717) is 23.7 Å². The normalized spacial score (nSPS) is 35.5. The second kappa shape index (κ2) is 11.4. The van der Waals surface area contributed by atoms with Gasteiger partial charge in [0.05, 0.1) is 6.10 Å². The molecule has 0 saturated heterocycles. The first-order chi connectivity index (χ1) is 20.0. The summed E-state index contributed by atoms with van der Waals surface area (Å²) in [6.45, 7) is 7.34. The van der Waals surface area contributed by atoms with Crippen LogP contribution in [0, 0.1) is 40.4 Å². The molecule has 6 nitrogen and oxygen atoms in total. The van der Waals surface area contributed by atoms with Crippen molar-refractivity contribution < 1.29 is 19.8 Å². The third-order valence-electron chi connectivity index (χ3n) is 12.5. The number of allylic oxidation sites excluding steroid dienone is 1. The zero-order valence-electron chi connectivity index (χ0n) is 25.3. The molecule has 228 valence electrons. The molecule has 1 amide bonds. The van der Waals surface area contributed by atoms with Crippen molar-refractivity contribution in [3.63, 3.8) is 0 Å². The van der Waals surface area contributed by atoms with Crippen LogP contribution in [0.2, 0.25) is 0 Å². The molecule has 4 aliphatic rings. The van der Waals surface area contributed by atoms with Crippen LogP contribution in [0.1, 0.15) is 90.5 Å². The molecule has 0 aliphatic heterocycles. The molecule has 1 aromatic carbocycles. The molecule has 1 aromatic heterocycles. The highest BCUT2D eigenvalue weighted by molar-refractivity contribution is 9.10. The maximum atomic E-state index is 13.1. The van der Waals surface area contributed by atoms with Gasteiger partial charge < -0.3 is 20.5 Å². The van der Waals surface area contributed by atoms with Crippen LogP contribution in [0.5, 0.6) is 0 Å². The summed E-state index contributed by atoms with van der Waals surface area (Å²) in [5.41, 5.74) is 3.93. The quantitative estimate of drug-likeness (QED) is 0.226. The number of H-pyrrole nitrogens is 1. The SMILES string of the molecule is C[C@H](CCC(=O)N[C@@H](Cc1c[nH]c2ccc(Br)cc12)C(=O)O)[C@H]1CC[C@H]2[C@@H]3CC=C4C[C@@H](O)CC[C@]4(C)[C@H]3CC[C@]12C. The second-order valence-electron chi connectivity index (χ2n) is 14.6. The molecule has 0 unspecified atom stereocenters. The molecule has 7 heteroatoms. The largest absolute Gasteiger partial charge is 0.480 e. The first-order valence-corrected chi connectivity index (χ1v) is 16.9. The summed E-state index contributed by atoms with van der Waals surface area (Å²) < 4.78 is 0.935. The van der Waals surface area contributed by atoms with E-state index in [9.17, 15) is 19.8 Å². The van der Waals surface area contributed by atoms with Gasteiger partial charge >= 0.3 is 5.97 Å². The standard InChI is InChI=1S/C35H47BrN2O4/c1-20(4-11-32(40)38-31(33(41)42)16-21-19-37-30-10-6-23(36)18-26(21)30)27-8-9-28-25-7-5-22-17-24(39)12-14-34(22,2)29(25)13-15-35(27,28)3/h5-6,10,18-20,24-25,27-29,31,37,39H,4,7-9,11-17H2,1-3H3,(H,38,40)(H,41,42)/t20-,24+,25+,27-,28+,29+,31+,34+,35-/m1/s1. The Kier molecular flexibility index (Phi) is 8.14. The zero-order valence-corrected chi connectivity index (χ0v) is 26.9. The molecular formula is C35H47BrN2O4. The summed E-state index contributed by atoms with van der Waals surface area (Å²) in [6.07, 6.45) is 14.7. The molecule has 6 rings (SSSR count). The summed E-state index contributed by atoms with van der Waals surface area (Å²) in [7, 11) is 0. The Labute approximate surface area is 258 Å². The number of aliphatic carboxylic acids is 1. The number of rotatable bonds is 8. The van der Waals surface area contributed by atoms with Crippen molar-refractivity contribution >= 4 is 38.7 Å². The lowest BCUT2D eigenvalue weighted by Crippen LogP contribution is -2.50. The lowest BCUT2D eigenvalue weighted by molar-refractivity contribution is -0.141. The molecule has 1 heterocycles. The number of halogens is 1. The molecule has 3 fully saturated rings. The highest BCUT2D eigenvalue weighted by Gasteiger charge is 2.59. The Hall–Kier alpha value is -2.12. The molecule has 4 N–H and O–H groups in total. The van der Waals surface area contributed by atoms with Gasteiger partial charge in [0.15, 0.2) is 0 Å². The second-order valence-corrected chi connectivity index (χ2v) is 15.5. The number of aliphatic hydroxyl groups excluding tert-OH is 1. The van der Waals surface area contributed by atoms with Crippen molar-refractivity contribution in [1.29, 1.82) is 0 Å². The van der Waals surface area contributed by atoms with E-state index in [1.165, 1.54) is 31.3 Å². The van der Waals surface area contributed by atoms with E-state index in [0.717, 1.165) is 70.8 Å². The van der Waals surface area contributed by atoms with Crippen LogP contribution in [0.3, 0.4) is 0 Å². The van der Waals surface area contributed by atoms with E-state index >= 15 is 0 Å². The number of amides is 1. The number of carboxylic acid groups (broad SMARTS) is 1. The summed E-state index contributed by atoms with van der Waals surface area (Å²) in [5.74, 6) is 2.04. The maximum absolute atomic E-state index is 13.1. The molecule has 0 bridgehead atoms. The van der Waals surface area contributed by atoms with Crippen LogP contribution in [-0.4, -0.2) is 39.2 Å². The Morgan fingerprint density at radius 2 is 1.95 bits per heavy atom. The van der Waals surface area contributed by atoms with Gasteiger partial charge in [0, 0.05) is 34.4 Å². The number of nitrogens with one attached hydrogen (secondary N) is 2. The average molecular weight is 640 g/mol. The number of aromatic amines is 1. The van der Waals surface area contributed by atoms with Gasteiger partial charge in [-0.1, -0.05) is 48.4 Å². The molecular weight excluding hydrogens is 592 g/mol. The molecule has 3 saturated carbocycles. The minimum absolute atomic E-state index is 0.162. The maximum Gasteiger partial charge on any atom is 0.326 e. The van der Waals surface area contributed by atoms with Crippen LogP contribution in [-0.2, 0) is 16.0 Å². The van der Waals surface area contributed by atoms with Gasteiger partial charge in [-0.15, -0.1) is 0 Å². The van der Waals surface area contributed by atoms with Gasteiger partial charge in [-0.05, 0) is 122 Å². The molecule has 2 aromatic rings. The van der Waals surface area contributed by atoms with Gasteiger partial charge in [0.25, 0.3) is 0 Å². The fourth-order valence-corrected chi connectivity index (χ4v) is 10.5. The Bertz CT molecular complexity index is 1380. The zero-order chi connectivity index (χ0) is 29.8. The highest BCUT2D eigenvalue weighted by atomic mass is 79.9. The third kappa shape index (κ3) is 5.27. The van der Waals surface area contributed by atoms with E-state index < -0.39 is 12.0 Å². The number of carbonyl (C=O) groups is 2. The van der Waals surface area contributed by atoms with Gasteiger partial charge in [-0.25, -0.2) is 4.79 Å². The average Bonchev–Trinajstić information content (AvgIpc) is 3.51. The summed E-state index contributed by atoms with van der Waals surface area (Å²) in [5, 5.41) is 24.0. The Balaban J connectivity index is 1.07. The summed E-state index contributed by atoms with van der Waals surface area (Å²) in [6, 6.07) is 4.93. The molecule has 0 radical (unpaired) electrons. The van der Waals surface area contributed by atoms with Crippen molar-refractivity contribution in [1.82, 2.24) is 10.3 Å². The number of carbonyl (C=O) groups excluding carboxylic acids is 1. The van der Waals surface area contributed by atoms with Crippen molar-refractivity contribution in [2.24, 2.45) is 40.4 Å². The van der Waals surface area contributed by atoms with Crippen molar-refractivity contribution in [2.45, 2.75) is 104 Å². The number of benzene rings is 1. The molecule has 42 heavy (non-hydrogen) atoms. The number of aliphatic hydroxyl groups is 1. The predicted octanol–water partition coefficient (Wildman–Crippen LogP) is 7.40. The van der Waals surface area contributed by atoms with Crippen LogP contribution in [0.15, 0.2) is 40.5 Å². The van der Waals surface area contributed by atoms with Crippen LogP contribution < -0.4 is 5.32 Å². The van der Waals surface area contributed by atoms with E-state index in [1.54, 1.807) is 0 Å². The lowest BCUT2D eigenvalue weighted by atomic mass is 9.47. The van der Waals surface area contributed by atoms with Gasteiger partial charge in [-0.2, -0.15) is 0 Å². The topological polar surface area (TPSA) is 102 Å². The van der Waals surface area contributed by atoms with Crippen molar-refractivity contribution in [2.75, 3.05) is 0 Å². The first kappa shape index (κ1) is 29.9. The Morgan fingerprint density at radius 1 is 1.14 bits per heavy atom. The summed E-state index contributed by atoms with van der Waals surface area (Å²) >= 11 is 3.50. The van der Waals surface area contributed by atoms with E-state index in [-0.39, 0.29) is 23.8 Å². The molecule has 9 atom stereocenters. The van der Waals surface area contributed by atoms with Crippen LogP contribution >= 0.6 is 15.9 Å². The Morgan fingerprint density at radius 3 is 2.74 bits per heavy atom. The van der Waals surface area contributed by atoms with E-state index in [4.69, 9.17) is 0 Å². The summed E-state index contributed by atoms with van der Waals surface area (Å²) in [4.78, 5) is 28.4. The minimum atomic E-state index is -1.01. The van der Waals surface area contributed by atoms with Gasteiger partial charge in [0.1, 0.15) is 6.04 Å². The monoisotopic (exact) mass is 638 g/mol. The predicted molar refractivity (Wildman–Crippen MR) is 169 cm³/mol. The van der Waals surface area contributed by atoms with Crippen LogP contribution in [0.25, 0.3) is 10.9 Å². The number of hydrogen-bond donors (Lipinski definition) is 4. The number of fused-ring (bicyclic) bond motifs is 6. The number of hydrogen-bond acceptors (Lipinski definition) is 3. The molecule has 0 spiro atoms. The van der Waals surface area contributed by atoms with Crippen molar-refractivity contribution in [3.05, 3.63) is 46.1 Å². The van der Waals surface area contributed by atoms with Crippen molar-refractivity contribution in [3.8, 4) is 0 Å². The fraction of sp³-hybridized carbons (Fsp3) is 0.657. The molecule has 4 aliphatic carbocycles. The highest BCUT2D eigenvalue weighted by Crippen LogP contribution is 2.67. The fourth-order valence-electron chi connectivity index (χ4n) is 10.2. The first-order valence-electron chi connectivity index (χ1n) is 16.1. The van der Waals surface area contributed by atoms with E-state index in [2.05, 4.69) is 53.1 Å². The number of aromatic nitrogens is 1. The van der Waals surface area contributed by atoms with Crippen LogP contribution in [0.4, 0.5) is 0 Å². The van der Waals surface area contributed by atoms with Gasteiger partial charge in [0.2, 0.25) is 5.91 Å². The third-order valence-corrected chi connectivity index (χ3v) is 12.9. The van der Waals surface area contributed by atoms with Gasteiger partial charge in [-0.3, -0.25) is 4.79 Å². The van der Waals surface area contributed by atoms with E-state index in [1.807, 2.05) is 24.4 Å². The minimum Gasteiger partial charge on any atom is -0.480 e. The number of carboxylic acids is 1.